The first kappa shape index (κ1) is 24.4. The average molecular weight is 466 g/mol. The van der Waals surface area contributed by atoms with E-state index in [4.69, 9.17) is 0 Å². The zero-order valence-electron chi connectivity index (χ0n) is 20.8. The fraction of sp³-hybridized carbons (Fsp3) is 0.500. The summed E-state index contributed by atoms with van der Waals surface area (Å²) in [6.45, 7) is 10.7. The lowest BCUT2D eigenvalue weighted by molar-refractivity contribution is -0.140. The number of halogens is 1. The maximum atomic E-state index is 14.6. The third-order valence-electron chi connectivity index (χ3n) is 7.53. The lowest BCUT2D eigenvalue weighted by Gasteiger charge is -2.41. The van der Waals surface area contributed by atoms with Crippen molar-refractivity contribution < 1.29 is 14.0 Å². The van der Waals surface area contributed by atoms with E-state index in [1.807, 2.05) is 43.9 Å². The van der Waals surface area contributed by atoms with E-state index in [2.05, 4.69) is 17.1 Å². The summed E-state index contributed by atoms with van der Waals surface area (Å²) in [5.41, 5.74) is 4.66. The molecule has 0 aromatic heterocycles. The van der Waals surface area contributed by atoms with E-state index in [-0.39, 0.29) is 23.7 Å². The first-order chi connectivity index (χ1) is 16.2. The van der Waals surface area contributed by atoms with Gasteiger partial charge in [-0.25, -0.2) is 4.39 Å². The van der Waals surface area contributed by atoms with Gasteiger partial charge >= 0.3 is 0 Å². The fourth-order valence-corrected chi connectivity index (χ4v) is 5.54. The van der Waals surface area contributed by atoms with Crippen LogP contribution in [0.15, 0.2) is 30.3 Å². The number of aryl methyl sites for hydroxylation is 2. The average Bonchev–Trinajstić information content (AvgIpc) is 3.31. The summed E-state index contributed by atoms with van der Waals surface area (Å²) in [5.74, 6) is -0.0750. The Bertz CT molecular complexity index is 1060. The summed E-state index contributed by atoms with van der Waals surface area (Å²) in [7, 11) is 0. The van der Waals surface area contributed by atoms with Gasteiger partial charge in [0.25, 0.3) is 5.91 Å². The predicted octanol–water partition coefficient (Wildman–Crippen LogP) is 5.23. The summed E-state index contributed by atoms with van der Waals surface area (Å²) in [5, 5.41) is 2.94. The van der Waals surface area contributed by atoms with Gasteiger partial charge in [0.05, 0.1) is 0 Å². The summed E-state index contributed by atoms with van der Waals surface area (Å²) < 4.78 is 14.6. The van der Waals surface area contributed by atoms with Gasteiger partial charge in [0.15, 0.2) is 0 Å². The number of hydrogen-bond donors (Lipinski definition) is 1. The van der Waals surface area contributed by atoms with E-state index >= 15 is 0 Å². The molecule has 2 aromatic carbocycles. The highest BCUT2D eigenvalue weighted by molar-refractivity contribution is 6.06. The molecular formula is C28H36FN3O2. The smallest absolute Gasteiger partial charge is 0.256 e. The van der Waals surface area contributed by atoms with Crippen molar-refractivity contribution in [2.75, 3.05) is 25.0 Å². The molecule has 0 spiro atoms. The van der Waals surface area contributed by atoms with Crippen LogP contribution in [0.3, 0.4) is 0 Å². The summed E-state index contributed by atoms with van der Waals surface area (Å²) in [4.78, 5) is 30.2. The number of nitrogens with zero attached hydrogens (tertiary/aromatic N) is 2. The minimum absolute atomic E-state index is 0.138. The Kier molecular flexibility index (Phi) is 7.36. The van der Waals surface area contributed by atoms with Gasteiger partial charge in [0.2, 0.25) is 5.91 Å². The molecule has 4 rings (SSSR count). The zero-order chi connectivity index (χ0) is 24.4. The monoisotopic (exact) mass is 465 g/mol. The Morgan fingerprint density at radius 3 is 2.38 bits per heavy atom. The van der Waals surface area contributed by atoms with Gasteiger partial charge in [0, 0.05) is 49.4 Å². The number of rotatable bonds is 5. The standard InChI is InChI=1S/C28H36FN3O2/c1-18-8-7-9-19(2)26(18)27(33)30-25-15-24(29)14-23(21(25)4)17-31-12-13-32(20(3)16-31)28(34)22-10-5-6-11-22/h7-9,14-15,20,22H,5-6,10-13,16-17H2,1-4H3,(H,30,33)/t20-/m0/s1. The van der Waals surface area contributed by atoms with Crippen molar-refractivity contribution in [2.45, 2.75) is 66.0 Å². The largest absolute Gasteiger partial charge is 0.337 e. The molecule has 1 saturated heterocycles. The molecule has 1 aliphatic carbocycles. The third-order valence-corrected chi connectivity index (χ3v) is 7.53. The number of carbonyl (C=O) groups excluding carboxylic acids is 2. The third kappa shape index (κ3) is 5.17. The minimum Gasteiger partial charge on any atom is -0.337 e. The van der Waals surface area contributed by atoms with Crippen LogP contribution >= 0.6 is 0 Å². The molecule has 0 unspecified atom stereocenters. The Balaban J connectivity index is 1.45. The maximum absolute atomic E-state index is 14.6. The molecule has 2 amide bonds. The topological polar surface area (TPSA) is 52.7 Å². The second-order valence-corrected chi connectivity index (χ2v) is 10.1. The van der Waals surface area contributed by atoms with Gasteiger partial charge < -0.3 is 10.2 Å². The van der Waals surface area contributed by atoms with Gasteiger partial charge in [0.1, 0.15) is 5.82 Å². The molecule has 0 radical (unpaired) electrons. The number of benzene rings is 2. The van der Waals surface area contributed by atoms with Crippen molar-refractivity contribution in [1.29, 1.82) is 0 Å². The molecule has 0 bridgehead atoms. The molecule has 182 valence electrons. The van der Waals surface area contributed by atoms with E-state index < -0.39 is 0 Å². The number of nitrogens with one attached hydrogen (secondary N) is 1. The molecule has 1 N–H and O–H groups in total. The van der Waals surface area contributed by atoms with Crippen LogP contribution in [0.1, 0.15) is 65.2 Å². The zero-order valence-corrected chi connectivity index (χ0v) is 20.8. The van der Waals surface area contributed by atoms with Crippen LogP contribution in [0.2, 0.25) is 0 Å². The van der Waals surface area contributed by atoms with Crippen LogP contribution in [-0.4, -0.2) is 47.3 Å². The van der Waals surface area contributed by atoms with E-state index in [9.17, 15) is 14.0 Å². The highest BCUT2D eigenvalue weighted by Crippen LogP contribution is 2.29. The lowest BCUT2D eigenvalue weighted by Crippen LogP contribution is -2.54. The van der Waals surface area contributed by atoms with E-state index in [0.29, 0.717) is 30.2 Å². The van der Waals surface area contributed by atoms with Crippen LogP contribution in [0.5, 0.6) is 0 Å². The number of piperazine rings is 1. The predicted molar refractivity (Wildman–Crippen MR) is 133 cm³/mol. The first-order valence-corrected chi connectivity index (χ1v) is 12.4. The van der Waals surface area contributed by atoms with E-state index in [1.165, 1.54) is 6.07 Å². The molecule has 6 heteroatoms. The van der Waals surface area contributed by atoms with Crippen molar-refractivity contribution >= 4 is 17.5 Å². The summed E-state index contributed by atoms with van der Waals surface area (Å²) in [6.07, 6.45) is 4.35. The first-order valence-electron chi connectivity index (χ1n) is 12.4. The highest BCUT2D eigenvalue weighted by Gasteiger charge is 2.33. The minimum atomic E-state index is -0.361. The van der Waals surface area contributed by atoms with Crippen molar-refractivity contribution in [3.8, 4) is 0 Å². The normalized spacial score (nSPS) is 19.4. The van der Waals surface area contributed by atoms with Crippen LogP contribution in [0, 0.1) is 32.5 Å². The SMILES string of the molecule is Cc1cccc(C)c1C(=O)Nc1cc(F)cc(CN2CCN(C(=O)C3CCCC3)[C@@H](C)C2)c1C. The lowest BCUT2D eigenvalue weighted by atomic mass is 10.0. The Morgan fingerprint density at radius 2 is 1.74 bits per heavy atom. The Morgan fingerprint density at radius 1 is 1.06 bits per heavy atom. The second-order valence-electron chi connectivity index (χ2n) is 10.1. The second kappa shape index (κ2) is 10.3. The number of carbonyl (C=O) groups is 2. The molecule has 1 atom stereocenters. The van der Waals surface area contributed by atoms with Crippen molar-refractivity contribution in [3.63, 3.8) is 0 Å². The van der Waals surface area contributed by atoms with Crippen molar-refractivity contribution in [3.05, 3.63) is 64.0 Å². The quantitative estimate of drug-likeness (QED) is 0.658. The molecule has 2 aromatic rings. The molecule has 5 nitrogen and oxygen atoms in total. The van der Waals surface area contributed by atoms with Gasteiger partial charge in [-0.15, -0.1) is 0 Å². The van der Waals surface area contributed by atoms with Crippen LogP contribution < -0.4 is 5.32 Å². The van der Waals surface area contributed by atoms with Crippen LogP contribution in [0.25, 0.3) is 0 Å². The number of amides is 2. The van der Waals surface area contributed by atoms with E-state index in [0.717, 1.165) is 61.0 Å². The van der Waals surface area contributed by atoms with Crippen molar-refractivity contribution in [1.82, 2.24) is 9.80 Å². The molecule has 2 aliphatic rings. The Labute approximate surface area is 202 Å². The molecule has 1 heterocycles. The summed E-state index contributed by atoms with van der Waals surface area (Å²) in [6, 6.07) is 8.83. The summed E-state index contributed by atoms with van der Waals surface area (Å²) >= 11 is 0. The number of hydrogen-bond acceptors (Lipinski definition) is 3. The van der Waals surface area contributed by atoms with Gasteiger partial charge in [-0.2, -0.15) is 0 Å². The van der Waals surface area contributed by atoms with Crippen molar-refractivity contribution in [2.24, 2.45) is 5.92 Å². The van der Waals surface area contributed by atoms with E-state index in [1.54, 1.807) is 6.07 Å². The molecule has 1 aliphatic heterocycles. The van der Waals surface area contributed by atoms with Gasteiger partial charge in [-0.1, -0.05) is 31.0 Å². The molecule has 2 fully saturated rings. The number of anilines is 1. The Hall–Kier alpha value is -2.73. The maximum Gasteiger partial charge on any atom is 0.256 e. The van der Waals surface area contributed by atoms with Crippen LogP contribution in [-0.2, 0) is 11.3 Å². The molecule has 34 heavy (non-hydrogen) atoms. The molecular weight excluding hydrogens is 429 g/mol. The fourth-order valence-electron chi connectivity index (χ4n) is 5.54. The molecule has 1 saturated carbocycles. The van der Waals surface area contributed by atoms with Gasteiger partial charge in [-0.05, 0) is 74.9 Å². The van der Waals surface area contributed by atoms with Crippen LogP contribution in [0.4, 0.5) is 10.1 Å². The van der Waals surface area contributed by atoms with Gasteiger partial charge in [-0.3, -0.25) is 14.5 Å². The highest BCUT2D eigenvalue weighted by atomic mass is 19.1.